The first kappa shape index (κ1) is 9.66. The SMILES string of the molecule is N#Cc1ccc(F)cc1N1CCCC1=O. The summed E-state index contributed by atoms with van der Waals surface area (Å²) in [5, 5.41) is 8.85. The molecule has 0 bridgehead atoms. The molecule has 0 aliphatic carbocycles. The molecule has 1 amide bonds. The van der Waals surface area contributed by atoms with Gasteiger partial charge in [-0.05, 0) is 24.6 Å². The number of nitrogens with zero attached hydrogens (tertiary/aromatic N) is 2. The molecule has 1 fully saturated rings. The summed E-state index contributed by atoms with van der Waals surface area (Å²) in [5.41, 5.74) is 0.728. The van der Waals surface area contributed by atoms with Crippen molar-refractivity contribution >= 4 is 11.6 Å². The zero-order valence-corrected chi connectivity index (χ0v) is 8.03. The predicted octanol–water partition coefficient (Wildman–Crippen LogP) is 1.82. The van der Waals surface area contributed by atoms with E-state index in [0.717, 1.165) is 6.42 Å². The van der Waals surface area contributed by atoms with Crippen LogP contribution in [0.4, 0.5) is 10.1 Å². The van der Waals surface area contributed by atoms with Gasteiger partial charge in [-0.2, -0.15) is 5.26 Å². The fourth-order valence-electron chi connectivity index (χ4n) is 1.73. The first-order valence-corrected chi connectivity index (χ1v) is 4.72. The summed E-state index contributed by atoms with van der Waals surface area (Å²) in [5.74, 6) is -0.471. The number of carbonyl (C=O) groups excluding carboxylic acids is 1. The van der Waals surface area contributed by atoms with Crippen LogP contribution in [-0.4, -0.2) is 12.5 Å². The minimum absolute atomic E-state index is 0.0444. The number of nitriles is 1. The van der Waals surface area contributed by atoms with Crippen LogP contribution in [0.25, 0.3) is 0 Å². The normalized spacial score (nSPS) is 15.5. The molecule has 1 saturated heterocycles. The van der Waals surface area contributed by atoms with Crippen molar-refractivity contribution in [2.75, 3.05) is 11.4 Å². The van der Waals surface area contributed by atoms with Gasteiger partial charge in [-0.1, -0.05) is 0 Å². The third kappa shape index (κ3) is 1.68. The van der Waals surface area contributed by atoms with Gasteiger partial charge in [0, 0.05) is 13.0 Å². The first-order valence-electron chi connectivity index (χ1n) is 4.72. The number of rotatable bonds is 1. The van der Waals surface area contributed by atoms with E-state index in [2.05, 4.69) is 0 Å². The summed E-state index contributed by atoms with van der Waals surface area (Å²) in [4.78, 5) is 12.9. The molecule has 1 aromatic rings. The fourth-order valence-corrected chi connectivity index (χ4v) is 1.73. The van der Waals surface area contributed by atoms with E-state index in [1.54, 1.807) is 0 Å². The van der Waals surface area contributed by atoms with Crippen LogP contribution in [0.1, 0.15) is 18.4 Å². The van der Waals surface area contributed by atoms with Gasteiger partial charge in [-0.15, -0.1) is 0 Å². The maximum Gasteiger partial charge on any atom is 0.227 e. The molecular weight excluding hydrogens is 195 g/mol. The van der Waals surface area contributed by atoms with E-state index in [4.69, 9.17) is 5.26 Å². The van der Waals surface area contributed by atoms with Gasteiger partial charge in [0.25, 0.3) is 0 Å². The molecule has 76 valence electrons. The fraction of sp³-hybridized carbons (Fsp3) is 0.273. The summed E-state index contributed by atoms with van der Waals surface area (Å²) in [7, 11) is 0. The van der Waals surface area contributed by atoms with Crippen LogP contribution in [0.2, 0.25) is 0 Å². The lowest BCUT2D eigenvalue weighted by molar-refractivity contribution is -0.117. The summed E-state index contributed by atoms with van der Waals surface area (Å²) >= 11 is 0. The Balaban J connectivity index is 2.46. The van der Waals surface area contributed by atoms with E-state index in [1.165, 1.54) is 23.1 Å². The highest BCUT2D eigenvalue weighted by Gasteiger charge is 2.24. The van der Waals surface area contributed by atoms with Crippen molar-refractivity contribution in [1.82, 2.24) is 0 Å². The molecule has 1 aliphatic heterocycles. The largest absolute Gasteiger partial charge is 0.311 e. The zero-order valence-electron chi connectivity index (χ0n) is 8.03. The van der Waals surface area contributed by atoms with Crippen molar-refractivity contribution in [1.29, 1.82) is 5.26 Å². The van der Waals surface area contributed by atoms with Crippen LogP contribution in [-0.2, 0) is 4.79 Å². The van der Waals surface area contributed by atoms with E-state index >= 15 is 0 Å². The monoisotopic (exact) mass is 204 g/mol. The van der Waals surface area contributed by atoms with Crippen LogP contribution >= 0.6 is 0 Å². The minimum Gasteiger partial charge on any atom is -0.311 e. The van der Waals surface area contributed by atoms with E-state index in [-0.39, 0.29) is 5.91 Å². The van der Waals surface area contributed by atoms with Crippen LogP contribution in [0.3, 0.4) is 0 Å². The number of benzene rings is 1. The lowest BCUT2D eigenvalue weighted by atomic mass is 10.1. The van der Waals surface area contributed by atoms with Gasteiger partial charge in [0.15, 0.2) is 0 Å². The average Bonchev–Trinajstić information content (AvgIpc) is 2.64. The second kappa shape index (κ2) is 3.70. The van der Waals surface area contributed by atoms with Gasteiger partial charge in [-0.3, -0.25) is 4.79 Å². The van der Waals surface area contributed by atoms with Crippen LogP contribution in [0.15, 0.2) is 18.2 Å². The Morgan fingerprint density at radius 3 is 2.87 bits per heavy atom. The third-order valence-electron chi connectivity index (χ3n) is 2.44. The van der Waals surface area contributed by atoms with Gasteiger partial charge in [0.1, 0.15) is 11.9 Å². The molecule has 1 aliphatic rings. The second-order valence-electron chi connectivity index (χ2n) is 3.42. The Morgan fingerprint density at radius 1 is 1.47 bits per heavy atom. The van der Waals surface area contributed by atoms with Gasteiger partial charge in [0.05, 0.1) is 11.3 Å². The molecule has 15 heavy (non-hydrogen) atoms. The van der Waals surface area contributed by atoms with Crippen molar-refractivity contribution < 1.29 is 9.18 Å². The lowest BCUT2D eigenvalue weighted by Crippen LogP contribution is -2.24. The Kier molecular flexibility index (Phi) is 2.38. The molecule has 1 aromatic carbocycles. The zero-order chi connectivity index (χ0) is 10.8. The molecule has 1 heterocycles. The van der Waals surface area contributed by atoms with Gasteiger partial charge < -0.3 is 4.90 Å². The number of anilines is 1. The van der Waals surface area contributed by atoms with Crippen LogP contribution < -0.4 is 4.90 Å². The van der Waals surface area contributed by atoms with Crippen molar-refractivity contribution in [2.45, 2.75) is 12.8 Å². The molecule has 0 aromatic heterocycles. The lowest BCUT2D eigenvalue weighted by Gasteiger charge is -2.16. The standard InChI is InChI=1S/C11H9FN2O/c12-9-4-3-8(7-13)10(6-9)14-5-1-2-11(14)15/h3-4,6H,1-2,5H2. The number of hydrogen-bond donors (Lipinski definition) is 0. The molecule has 0 saturated carbocycles. The molecule has 4 heteroatoms. The Bertz CT molecular complexity index is 450. The number of carbonyl (C=O) groups is 1. The van der Waals surface area contributed by atoms with Crippen molar-refractivity contribution in [3.8, 4) is 6.07 Å². The quantitative estimate of drug-likeness (QED) is 0.700. The molecular formula is C11H9FN2O. The van der Waals surface area contributed by atoms with Crippen LogP contribution in [0, 0.1) is 17.1 Å². The molecule has 0 unspecified atom stereocenters. The van der Waals surface area contributed by atoms with E-state index in [9.17, 15) is 9.18 Å². The molecule has 0 atom stereocenters. The number of halogens is 1. The van der Waals surface area contributed by atoms with E-state index in [1.807, 2.05) is 6.07 Å². The Hall–Kier alpha value is -1.89. The topological polar surface area (TPSA) is 44.1 Å². The molecule has 2 rings (SSSR count). The Labute approximate surface area is 86.7 Å². The van der Waals surface area contributed by atoms with Crippen molar-refractivity contribution in [2.24, 2.45) is 0 Å². The first-order chi connectivity index (χ1) is 7.22. The highest BCUT2D eigenvalue weighted by molar-refractivity contribution is 5.96. The molecule has 0 spiro atoms. The summed E-state index contributed by atoms with van der Waals surface area (Å²) in [6.45, 7) is 0.566. The second-order valence-corrected chi connectivity index (χ2v) is 3.42. The molecule has 0 radical (unpaired) electrons. The van der Waals surface area contributed by atoms with E-state index < -0.39 is 5.82 Å². The minimum atomic E-state index is -0.427. The summed E-state index contributed by atoms with van der Waals surface area (Å²) in [6.07, 6.45) is 1.24. The van der Waals surface area contributed by atoms with E-state index in [0.29, 0.717) is 24.2 Å². The maximum atomic E-state index is 13.0. The highest BCUT2D eigenvalue weighted by Crippen LogP contribution is 2.25. The number of amides is 1. The van der Waals surface area contributed by atoms with Gasteiger partial charge in [-0.25, -0.2) is 4.39 Å². The van der Waals surface area contributed by atoms with Gasteiger partial charge >= 0.3 is 0 Å². The third-order valence-corrected chi connectivity index (χ3v) is 2.44. The van der Waals surface area contributed by atoms with Crippen molar-refractivity contribution in [3.63, 3.8) is 0 Å². The van der Waals surface area contributed by atoms with Crippen molar-refractivity contribution in [3.05, 3.63) is 29.6 Å². The summed E-state index contributed by atoms with van der Waals surface area (Å²) in [6, 6.07) is 5.82. The molecule has 3 nitrogen and oxygen atoms in total. The Morgan fingerprint density at radius 2 is 2.27 bits per heavy atom. The predicted molar refractivity (Wildman–Crippen MR) is 52.7 cm³/mol. The molecule has 0 N–H and O–H groups in total. The summed E-state index contributed by atoms with van der Waals surface area (Å²) < 4.78 is 13.0. The smallest absolute Gasteiger partial charge is 0.227 e. The average molecular weight is 204 g/mol. The van der Waals surface area contributed by atoms with Crippen LogP contribution in [0.5, 0.6) is 0 Å². The highest BCUT2D eigenvalue weighted by atomic mass is 19.1. The maximum absolute atomic E-state index is 13.0. The number of hydrogen-bond acceptors (Lipinski definition) is 2. The van der Waals surface area contributed by atoms with Gasteiger partial charge in [0.2, 0.25) is 5.91 Å².